The number of hydrogen-bond donors (Lipinski definition) is 1. The molecule has 1 aliphatic rings. The second-order valence-corrected chi connectivity index (χ2v) is 7.16. The molecule has 0 saturated carbocycles. The molecule has 0 aliphatic carbocycles. The number of carboxylic acid groups (broad SMARTS) is 1. The lowest BCUT2D eigenvalue weighted by atomic mass is 9.97. The molecule has 1 unspecified atom stereocenters. The Bertz CT molecular complexity index is 644. The van der Waals surface area contributed by atoms with E-state index in [4.69, 9.17) is 5.11 Å². The smallest absolute Gasteiger partial charge is 0.338 e. The Morgan fingerprint density at radius 3 is 2.81 bits per heavy atom. The minimum Gasteiger partial charge on any atom is -0.478 e. The van der Waals surface area contributed by atoms with Crippen molar-refractivity contribution in [2.45, 2.75) is 31.1 Å². The van der Waals surface area contributed by atoms with Crippen molar-refractivity contribution in [3.05, 3.63) is 29.6 Å². The number of halogens is 1. The molecule has 1 atom stereocenters. The van der Waals surface area contributed by atoms with Gasteiger partial charge >= 0.3 is 5.97 Å². The monoisotopic (exact) mass is 315 g/mol. The minimum atomic E-state index is -3.77. The first-order valence-corrected chi connectivity index (χ1v) is 8.33. The highest BCUT2D eigenvalue weighted by molar-refractivity contribution is 7.89. The van der Waals surface area contributed by atoms with Crippen LogP contribution in [-0.4, -0.2) is 36.9 Å². The van der Waals surface area contributed by atoms with Gasteiger partial charge < -0.3 is 5.11 Å². The number of rotatable bonds is 4. The number of benzene rings is 1. The topological polar surface area (TPSA) is 74.7 Å². The van der Waals surface area contributed by atoms with Gasteiger partial charge in [-0.05, 0) is 37.0 Å². The number of nitrogens with zero attached hydrogens (tertiary/aromatic N) is 1. The third-order valence-corrected chi connectivity index (χ3v) is 5.73. The Morgan fingerprint density at radius 2 is 2.19 bits per heavy atom. The standard InChI is InChI=1S/C14H18FNO4S/c1-2-10-4-3-7-16(9-10)21(19,20)11-5-6-13(15)12(8-11)14(17)18/h5-6,8,10H,2-4,7,9H2,1H3,(H,17,18). The average Bonchev–Trinajstić information content (AvgIpc) is 2.47. The molecule has 0 aromatic heterocycles. The number of piperidine rings is 1. The Kier molecular flexibility index (Phi) is 4.63. The van der Waals surface area contributed by atoms with Gasteiger partial charge in [0.05, 0.1) is 10.5 Å². The highest BCUT2D eigenvalue weighted by Gasteiger charge is 2.30. The van der Waals surface area contributed by atoms with E-state index in [1.54, 1.807) is 0 Å². The summed E-state index contributed by atoms with van der Waals surface area (Å²) in [7, 11) is -3.77. The first-order valence-electron chi connectivity index (χ1n) is 6.89. The third-order valence-electron chi connectivity index (χ3n) is 3.87. The normalized spacial score (nSPS) is 20.4. The van der Waals surface area contributed by atoms with E-state index in [-0.39, 0.29) is 4.90 Å². The van der Waals surface area contributed by atoms with Crippen LogP contribution in [0, 0.1) is 11.7 Å². The summed E-state index contributed by atoms with van der Waals surface area (Å²) in [5.74, 6) is -2.10. The van der Waals surface area contributed by atoms with Gasteiger partial charge in [0.25, 0.3) is 0 Å². The summed E-state index contributed by atoms with van der Waals surface area (Å²) in [6, 6.07) is 2.90. The van der Waals surface area contributed by atoms with Crippen molar-refractivity contribution in [3.63, 3.8) is 0 Å². The van der Waals surface area contributed by atoms with Gasteiger partial charge in [0.2, 0.25) is 10.0 Å². The molecule has 116 valence electrons. The lowest BCUT2D eigenvalue weighted by Crippen LogP contribution is -2.39. The molecule has 7 heteroatoms. The van der Waals surface area contributed by atoms with Gasteiger partial charge in [-0.2, -0.15) is 4.31 Å². The van der Waals surface area contributed by atoms with E-state index in [0.717, 1.165) is 37.5 Å². The zero-order valence-corrected chi connectivity index (χ0v) is 12.6. The molecule has 1 aliphatic heterocycles. The highest BCUT2D eigenvalue weighted by atomic mass is 32.2. The lowest BCUT2D eigenvalue weighted by Gasteiger charge is -2.31. The van der Waals surface area contributed by atoms with E-state index in [2.05, 4.69) is 0 Å². The molecule has 1 fully saturated rings. The van der Waals surface area contributed by atoms with Crippen LogP contribution in [0.4, 0.5) is 4.39 Å². The van der Waals surface area contributed by atoms with Gasteiger partial charge in [-0.25, -0.2) is 17.6 Å². The van der Waals surface area contributed by atoms with Crippen LogP contribution in [0.25, 0.3) is 0 Å². The zero-order valence-electron chi connectivity index (χ0n) is 11.8. The first kappa shape index (κ1) is 15.9. The molecule has 1 heterocycles. The average molecular weight is 315 g/mol. The van der Waals surface area contributed by atoms with Crippen LogP contribution in [0.3, 0.4) is 0 Å². The van der Waals surface area contributed by atoms with Crippen molar-refractivity contribution in [1.29, 1.82) is 0 Å². The molecule has 0 amide bonds. The van der Waals surface area contributed by atoms with Crippen molar-refractivity contribution in [2.75, 3.05) is 13.1 Å². The molecule has 1 N–H and O–H groups in total. The molecule has 21 heavy (non-hydrogen) atoms. The molecular formula is C14H18FNO4S. The maximum Gasteiger partial charge on any atom is 0.338 e. The van der Waals surface area contributed by atoms with E-state index in [1.165, 1.54) is 4.31 Å². The molecule has 5 nitrogen and oxygen atoms in total. The summed E-state index contributed by atoms with van der Waals surface area (Å²) < 4.78 is 39.8. The SMILES string of the molecule is CCC1CCCN(S(=O)(=O)c2ccc(F)c(C(=O)O)c2)C1. The number of carboxylic acids is 1. The first-order chi connectivity index (χ1) is 9.86. The maximum atomic E-state index is 13.4. The number of carbonyl (C=O) groups is 1. The van der Waals surface area contributed by atoms with Gasteiger partial charge in [0.15, 0.2) is 0 Å². The largest absolute Gasteiger partial charge is 0.478 e. The summed E-state index contributed by atoms with van der Waals surface area (Å²) in [4.78, 5) is 10.8. The van der Waals surface area contributed by atoms with Crippen LogP contribution in [0.5, 0.6) is 0 Å². The van der Waals surface area contributed by atoms with Crippen LogP contribution in [0.15, 0.2) is 23.1 Å². The van der Waals surface area contributed by atoms with Crippen LogP contribution in [-0.2, 0) is 10.0 Å². The van der Waals surface area contributed by atoms with Gasteiger partial charge in [-0.15, -0.1) is 0 Å². The Labute approximate surface area is 123 Å². The van der Waals surface area contributed by atoms with Crippen LogP contribution in [0.2, 0.25) is 0 Å². The molecular weight excluding hydrogens is 297 g/mol. The highest BCUT2D eigenvalue weighted by Crippen LogP contribution is 2.26. The molecule has 1 saturated heterocycles. The molecule has 2 rings (SSSR count). The quantitative estimate of drug-likeness (QED) is 0.925. The van der Waals surface area contributed by atoms with Gasteiger partial charge in [-0.3, -0.25) is 0 Å². The summed E-state index contributed by atoms with van der Waals surface area (Å²) >= 11 is 0. The van der Waals surface area contributed by atoms with Crippen molar-refractivity contribution in [1.82, 2.24) is 4.31 Å². The van der Waals surface area contributed by atoms with E-state index >= 15 is 0 Å². The molecule has 1 aromatic carbocycles. The van der Waals surface area contributed by atoms with Crippen molar-refractivity contribution < 1.29 is 22.7 Å². The number of sulfonamides is 1. The Morgan fingerprint density at radius 1 is 1.48 bits per heavy atom. The van der Waals surface area contributed by atoms with Crippen molar-refractivity contribution in [3.8, 4) is 0 Å². The Balaban J connectivity index is 2.35. The fourth-order valence-corrected chi connectivity index (χ4v) is 4.14. The lowest BCUT2D eigenvalue weighted by molar-refractivity contribution is 0.0691. The van der Waals surface area contributed by atoms with E-state index in [1.807, 2.05) is 6.92 Å². The second kappa shape index (κ2) is 6.11. The Hall–Kier alpha value is -1.47. The summed E-state index contributed by atoms with van der Waals surface area (Å²) in [5, 5.41) is 8.90. The van der Waals surface area contributed by atoms with Crippen molar-refractivity contribution >= 4 is 16.0 Å². The number of aromatic carboxylic acids is 1. The summed E-state index contributed by atoms with van der Waals surface area (Å²) in [6.07, 6.45) is 2.67. The van der Waals surface area contributed by atoms with Gasteiger partial charge in [0, 0.05) is 13.1 Å². The zero-order chi connectivity index (χ0) is 15.6. The van der Waals surface area contributed by atoms with Crippen molar-refractivity contribution in [2.24, 2.45) is 5.92 Å². The number of hydrogen-bond acceptors (Lipinski definition) is 3. The summed E-state index contributed by atoms with van der Waals surface area (Å²) in [5.41, 5.74) is -0.625. The van der Waals surface area contributed by atoms with E-state index in [0.29, 0.717) is 19.0 Å². The van der Waals surface area contributed by atoms with E-state index in [9.17, 15) is 17.6 Å². The second-order valence-electron chi connectivity index (χ2n) is 5.23. The minimum absolute atomic E-state index is 0.168. The predicted molar refractivity (Wildman–Crippen MR) is 75.1 cm³/mol. The molecule has 0 radical (unpaired) electrons. The third kappa shape index (κ3) is 3.24. The fourth-order valence-electron chi connectivity index (χ4n) is 2.56. The van der Waals surface area contributed by atoms with Gasteiger partial charge in [0.1, 0.15) is 5.82 Å². The predicted octanol–water partition coefficient (Wildman–Crippen LogP) is 2.33. The summed E-state index contributed by atoms with van der Waals surface area (Å²) in [6.45, 7) is 2.86. The van der Waals surface area contributed by atoms with Gasteiger partial charge in [-0.1, -0.05) is 13.3 Å². The van der Waals surface area contributed by atoms with Crippen LogP contribution in [0.1, 0.15) is 36.5 Å². The van der Waals surface area contributed by atoms with E-state index < -0.39 is 27.4 Å². The van der Waals surface area contributed by atoms with Crippen LogP contribution < -0.4 is 0 Å². The fraction of sp³-hybridized carbons (Fsp3) is 0.500. The van der Waals surface area contributed by atoms with Crippen LogP contribution >= 0.6 is 0 Å². The maximum absolute atomic E-state index is 13.4. The molecule has 1 aromatic rings. The molecule has 0 bridgehead atoms. The molecule has 0 spiro atoms.